The zero-order chi connectivity index (χ0) is 16.2. The number of hydrogen-bond acceptors (Lipinski definition) is 3. The van der Waals surface area contributed by atoms with E-state index in [1.165, 1.54) is 5.56 Å². The number of amides is 1. The molecule has 0 N–H and O–H groups in total. The molecule has 3 rings (SSSR count). The summed E-state index contributed by atoms with van der Waals surface area (Å²) in [5.74, 6) is 1.95. The number of benzene rings is 1. The van der Waals surface area contributed by atoms with E-state index >= 15 is 0 Å². The van der Waals surface area contributed by atoms with E-state index in [9.17, 15) is 4.79 Å². The summed E-state index contributed by atoms with van der Waals surface area (Å²) in [7, 11) is 1.70. The molecule has 1 unspecified atom stereocenters. The van der Waals surface area contributed by atoms with E-state index in [1.807, 2.05) is 12.1 Å². The van der Waals surface area contributed by atoms with Crippen LogP contribution in [0, 0.1) is 5.92 Å². The van der Waals surface area contributed by atoms with Crippen molar-refractivity contribution in [3.63, 3.8) is 0 Å². The van der Waals surface area contributed by atoms with Gasteiger partial charge in [-0.1, -0.05) is 19.1 Å². The molecule has 23 heavy (non-hydrogen) atoms. The molecule has 1 atom stereocenters. The average Bonchev–Trinajstić information content (AvgIpc) is 3.03. The molecule has 0 bridgehead atoms. The van der Waals surface area contributed by atoms with Crippen molar-refractivity contribution in [3.8, 4) is 5.75 Å². The van der Waals surface area contributed by atoms with Gasteiger partial charge in [0, 0.05) is 19.1 Å². The Kier molecular flexibility index (Phi) is 5.21. The van der Waals surface area contributed by atoms with Gasteiger partial charge in [-0.3, -0.25) is 9.69 Å². The summed E-state index contributed by atoms with van der Waals surface area (Å²) in [5.41, 5.74) is 1.27. The third kappa shape index (κ3) is 3.86. The van der Waals surface area contributed by atoms with Crippen LogP contribution in [0.3, 0.4) is 0 Å². The molecule has 2 fully saturated rings. The van der Waals surface area contributed by atoms with Crippen molar-refractivity contribution in [1.82, 2.24) is 9.80 Å². The molecule has 1 amide bonds. The molecular weight excluding hydrogens is 288 g/mol. The average molecular weight is 316 g/mol. The highest BCUT2D eigenvalue weighted by atomic mass is 16.5. The second kappa shape index (κ2) is 7.35. The van der Waals surface area contributed by atoms with Crippen LogP contribution in [0.5, 0.6) is 5.75 Å². The Morgan fingerprint density at radius 2 is 2.00 bits per heavy atom. The number of hydrogen-bond donors (Lipinski definition) is 0. The van der Waals surface area contributed by atoms with Crippen LogP contribution in [0.2, 0.25) is 0 Å². The lowest BCUT2D eigenvalue weighted by atomic mass is 9.99. The molecule has 126 valence electrons. The van der Waals surface area contributed by atoms with E-state index in [0.29, 0.717) is 18.5 Å². The summed E-state index contributed by atoms with van der Waals surface area (Å²) in [5, 5.41) is 0. The number of ether oxygens (including phenoxy) is 1. The summed E-state index contributed by atoms with van der Waals surface area (Å²) in [4.78, 5) is 17.0. The van der Waals surface area contributed by atoms with Crippen LogP contribution >= 0.6 is 0 Å². The van der Waals surface area contributed by atoms with Crippen LogP contribution in [0.25, 0.3) is 0 Å². The van der Waals surface area contributed by atoms with E-state index in [1.54, 1.807) is 7.11 Å². The lowest BCUT2D eigenvalue weighted by molar-refractivity contribution is -0.134. The fourth-order valence-electron chi connectivity index (χ4n) is 3.77. The first-order valence-corrected chi connectivity index (χ1v) is 8.83. The molecule has 0 radical (unpaired) electrons. The van der Waals surface area contributed by atoms with E-state index < -0.39 is 0 Å². The first-order chi connectivity index (χ1) is 11.2. The second-order valence-electron chi connectivity index (χ2n) is 6.97. The largest absolute Gasteiger partial charge is 0.497 e. The number of likely N-dealkylation sites (tertiary alicyclic amines) is 2. The highest BCUT2D eigenvalue weighted by Gasteiger charge is 2.30. The monoisotopic (exact) mass is 316 g/mol. The molecular formula is C19H28N2O2. The van der Waals surface area contributed by atoms with Gasteiger partial charge in [0.05, 0.1) is 13.7 Å². The quantitative estimate of drug-likeness (QED) is 0.856. The van der Waals surface area contributed by atoms with Crippen molar-refractivity contribution in [2.24, 2.45) is 5.92 Å². The number of nitrogens with zero attached hydrogens (tertiary/aromatic N) is 2. The minimum Gasteiger partial charge on any atom is -0.497 e. The molecule has 0 aromatic heterocycles. The second-order valence-corrected chi connectivity index (χ2v) is 6.97. The Morgan fingerprint density at radius 3 is 2.74 bits per heavy atom. The smallest absolute Gasteiger partial charge is 0.236 e. The highest BCUT2D eigenvalue weighted by Crippen LogP contribution is 2.33. The van der Waals surface area contributed by atoms with Crippen molar-refractivity contribution in [3.05, 3.63) is 29.8 Å². The molecule has 4 heteroatoms. The van der Waals surface area contributed by atoms with Crippen LogP contribution in [-0.4, -0.2) is 49.0 Å². The topological polar surface area (TPSA) is 32.8 Å². The summed E-state index contributed by atoms with van der Waals surface area (Å²) in [6.45, 7) is 5.70. The summed E-state index contributed by atoms with van der Waals surface area (Å²) >= 11 is 0. The van der Waals surface area contributed by atoms with Crippen molar-refractivity contribution in [2.45, 2.75) is 38.6 Å². The van der Waals surface area contributed by atoms with E-state index in [0.717, 1.165) is 57.0 Å². The van der Waals surface area contributed by atoms with Crippen LogP contribution in [0.1, 0.15) is 44.2 Å². The maximum absolute atomic E-state index is 12.6. The van der Waals surface area contributed by atoms with Crippen molar-refractivity contribution in [1.29, 1.82) is 0 Å². The standard InChI is InChI=1S/C19H28N2O2/c1-15-8-11-20(12-9-15)19(22)14-21-10-4-7-18(21)16-5-3-6-17(13-16)23-2/h3,5-6,13,15,18H,4,7-12,14H2,1-2H3. The third-order valence-electron chi connectivity index (χ3n) is 5.32. The van der Waals surface area contributed by atoms with Gasteiger partial charge in [-0.25, -0.2) is 0 Å². The molecule has 0 spiro atoms. The Balaban J connectivity index is 1.63. The Bertz CT molecular complexity index is 538. The van der Waals surface area contributed by atoms with Crippen molar-refractivity contribution >= 4 is 5.91 Å². The predicted octanol–water partition coefficient (Wildman–Crippen LogP) is 3.09. The summed E-state index contributed by atoms with van der Waals surface area (Å²) in [6.07, 6.45) is 4.57. The lowest BCUT2D eigenvalue weighted by Gasteiger charge is -2.33. The first kappa shape index (κ1) is 16.3. The molecule has 4 nitrogen and oxygen atoms in total. The number of carbonyl (C=O) groups is 1. The Morgan fingerprint density at radius 1 is 1.22 bits per heavy atom. The minimum absolute atomic E-state index is 0.298. The molecule has 2 aliphatic rings. The molecule has 2 aliphatic heterocycles. The fraction of sp³-hybridized carbons (Fsp3) is 0.632. The van der Waals surface area contributed by atoms with Gasteiger partial charge in [0.1, 0.15) is 5.75 Å². The van der Waals surface area contributed by atoms with Gasteiger partial charge in [-0.15, -0.1) is 0 Å². The number of piperidine rings is 1. The fourth-order valence-corrected chi connectivity index (χ4v) is 3.77. The number of rotatable bonds is 4. The van der Waals surface area contributed by atoms with Gasteiger partial charge in [-0.05, 0) is 55.8 Å². The van der Waals surface area contributed by atoms with E-state index in [2.05, 4.69) is 28.9 Å². The molecule has 2 heterocycles. The highest BCUT2D eigenvalue weighted by molar-refractivity contribution is 5.78. The first-order valence-electron chi connectivity index (χ1n) is 8.83. The number of carbonyl (C=O) groups excluding carboxylic acids is 1. The Hall–Kier alpha value is -1.55. The molecule has 0 aliphatic carbocycles. The van der Waals surface area contributed by atoms with Crippen molar-refractivity contribution < 1.29 is 9.53 Å². The van der Waals surface area contributed by atoms with Gasteiger partial charge in [-0.2, -0.15) is 0 Å². The van der Waals surface area contributed by atoms with Crippen LogP contribution < -0.4 is 4.74 Å². The van der Waals surface area contributed by atoms with Crippen LogP contribution in [0.4, 0.5) is 0 Å². The van der Waals surface area contributed by atoms with Crippen LogP contribution in [0.15, 0.2) is 24.3 Å². The van der Waals surface area contributed by atoms with Crippen molar-refractivity contribution in [2.75, 3.05) is 33.3 Å². The minimum atomic E-state index is 0.298. The molecule has 2 saturated heterocycles. The SMILES string of the molecule is COc1cccc(C2CCCN2CC(=O)N2CCC(C)CC2)c1. The normalized spacial score (nSPS) is 23.2. The molecule has 1 aromatic rings. The molecule has 0 saturated carbocycles. The maximum atomic E-state index is 12.6. The van der Waals surface area contributed by atoms with Gasteiger partial charge < -0.3 is 9.64 Å². The lowest BCUT2D eigenvalue weighted by Crippen LogP contribution is -2.43. The van der Waals surface area contributed by atoms with Gasteiger partial charge in [0.25, 0.3) is 0 Å². The number of methoxy groups -OCH3 is 1. The maximum Gasteiger partial charge on any atom is 0.236 e. The van der Waals surface area contributed by atoms with Gasteiger partial charge in [0.15, 0.2) is 0 Å². The summed E-state index contributed by atoms with van der Waals surface area (Å²) in [6, 6.07) is 8.62. The van der Waals surface area contributed by atoms with Gasteiger partial charge >= 0.3 is 0 Å². The van der Waals surface area contributed by atoms with Crippen LogP contribution in [-0.2, 0) is 4.79 Å². The summed E-state index contributed by atoms with van der Waals surface area (Å²) < 4.78 is 5.34. The third-order valence-corrected chi connectivity index (χ3v) is 5.32. The predicted molar refractivity (Wildman–Crippen MR) is 91.5 cm³/mol. The van der Waals surface area contributed by atoms with E-state index in [4.69, 9.17) is 4.74 Å². The zero-order valence-electron chi connectivity index (χ0n) is 14.3. The van der Waals surface area contributed by atoms with Gasteiger partial charge in [0.2, 0.25) is 5.91 Å². The van der Waals surface area contributed by atoms with E-state index in [-0.39, 0.29) is 0 Å². The zero-order valence-corrected chi connectivity index (χ0v) is 14.3. The molecule has 1 aromatic carbocycles. The Labute approximate surface area is 139 Å².